The molecule has 16 heavy (non-hydrogen) atoms. The number of fused-ring (bicyclic) bond motifs is 1. The third-order valence-electron chi connectivity index (χ3n) is 3.03. The lowest BCUT2D eigenvalue weighted by molar-refractivity contribution is 0.544. The fourth-order valence-electron chi connectivity index (χ4n) is 2.27. The van der Waals surface area contributed by atoms with E-state index in [9.17, 15) is 0 Å². The molecule has 0 amide bonds. The third-order valence-corrected chi connectivity index (χ3v) is 3.82. The Labute approximate surface area is 107 Å². The van der Waals surface area contributed by atoms with E-state index >= 15 is 0 Å². The van der Waals surface area contributed by atoms with E-state index in [2.05, 4.69) is 49.8 Å². The van der Waals surface area contributed by atoms with Gasteiger partial charge in [0.2, 0.25) is 0 Å². The van der Waals surface area contributed by atoms with Crippen molar-refractivity contribution >= 4 is 39.2 Å². The van der Waals surface area contributed by atoms with Gasteiger partial charge in [0.1, 0.15) is 0 Å². The molecule has 1 aliphatic rings. The maximum Gasteiger partial charge on any atom is 0.178 e. The zero-order valence-electron chi connectivity index (χ0n) is 8.61. The smallest absolute Gasteiger partial charge is 0.178 e. The minimum atomic E-state index is 0.482. The zero-order chi connectivity index (χ0) is 11.1. The van der Waals surface area contributed by atoms with Crippen molar-refractivity contribution < 1.29 is 0 Å². The number of imidazole rings is 1. The summed E-state index contributed by atoms with van der Waals surface area (Å²) in [7, 11) is 0. The van der Waals surface area contributed by atoms with E-state index in [1.165, 1.54) is 5.52 Å². The first-order valence-corrected chi connectivity index (χ1v) is 6.50. The van der Waals surface area contributed by atoms with Crippen LogP contribution in [0.3, 0.4) is 0 Å². The Balaban J connectivity index is 2.25. The van der Waals surface area contributed by atoms with Crippen LogP contribution in [0.25, 0.3) is 11.0 Å². The van der Waals surface area contributed by atoms with Crippen LogP contribution in [0, 0.1) is 4.77 Å². The number of nitrogens with zero attached hydrogens (tertiary/aromatic N) is 1. The molecule has 2 nitrogen and oxygen atoms in total. The highest BCUT2D eigenvalue weighted by Gasteiger charge is 2.16. The molecule has 0 spiro atoms. The molecule has 0 saturated carbocycles. The van der Waals surface area contributed by atoms with Gasteiger partial charge in [-0.3, -0.25) is 0 Å². The van der Waals surface area contributed by atoms with Gasteiger partial charge < -0.3 is 9.55 Å². The third kappa shape index (κ3) is 1.57. The Morgan fingerprint density at radius 2 is 2.06 bits per heavy atom. The van der Waals surface area contributed by atoms with Crippen LogP contribution < -0.4 is 0 Å². The standard InChI is InChI=1S/C12H11BrN2S/c13-8-5-6-10-11(7-8)15(12(16)14-10)9-3-1-2-4-9/h1-2,5-7,9H,3-4H2,(H,14,16). The number of nitrogens with one attached hydrogen (secondary N) is 1. The van der Waals surface area contributed by atoms with Crippen LogP contribution in [0.5, 0.6) is 0 Å². The van der Waals surface area contributed by atoms with E-state index in [-0.39, 0.29) is 0 Å². The molecule has 1 aliphatic carbocycles. The van der Waals surface area contributed by atoms with Crippen molar-refractivity contribution in [1.82, 2.24) is 9.55 Å². The van der Waals surface area contributed by atoms with Gasteiger partial charge in [-0.1, -0.05) is 28.1 Å². The summed E-state index contributed by atoms with van der Waals surface area (Å²) in [4.78, 5) is 3.26. The van der Waals surface area contributed by atoms with Crippen LogP contribution >= 0.6 is 28.1 Å². The molecule has 0 bridgehead atoms. The Morgan fingerprint density at radius 3 is 2.81 bits per heavy atom. The number of H-pyrrole nitrogens is 1. The second-order valence-electron chi connectivity index (χ2n) is 4.06. The summed E-state index contributed by atoms with van der Waals surface area (Å²) in [5.41, 5.74) is 2.30. The highest BCUT2D eigenvalue weighted by molar-refractivity contribution is 9.10. The van der Waals surface area contributed by atoms with Crippen molar-refractivity contribution in [2.75, 3.05) is 0 Å². The van der Waals surface area contributed by atoms with Gasteiger partial charge in [0.25, 0.3) is 0 Å². The molecular formula is C12H11BrN2S. The summed E-state index contributed by atoms with van der Waals surface area (Å²) in [5.74, 6) is 0. The van der Waals surface area contributed by atoms with E-state index in [0.29, 0.717) is 6.04 Å². The number of hydrogen-bond acceptors (Lipinski definition) is 1. The van der Waals surface area contributed by atoms with Crippen molar-refractivity contribution in [3.05, 3.63) is 39.6 Å². The van der Waals surface area contributed by atoms with Crippen molar-refractivity contribution in [2.45, 2.75) is 18.9 Å². The molecule has 82 valence electrons. The fourth-order valence-corrected chi connectivity index (χ4v) is 2.98. The molecule has 4 heteroatoms. The first kappa shape index (κ1) is 10.3. The molecule has 0 atom stereocenters. The van der Waals surface area contributed by atoms with Crippen LogP contribution in [0.4, 0.5) is 0 Å². The van der Waals surface area contributed by atoms with Gasteiger partial charge >= 0.3 is 0 Å². The number of rotatable bonds is 1. The van der Waals surface area contributed by atoms with Crippen molar-refractivity contribution in [2.24, 2.45) is 0 Å². The van der Waals surface area contributed by atoms with E-state index in [4.69, 9.17) is 12.2 Å². The van der Waals surface area contributed by atoms with Crippen LogP contribution in [-0.4, -0.2) is 9.55 Å². The molecular weight excluding hydrogens is 284 g/mol. The molecule has 0 aliphatic heterocycles. The maximum atomic E-state index is 5.40. The predicted molar refractivity (Wildman–Crippen MR) is 72.2 cm³/mol. The van der Waals surface area contributed by atoms with Crippen LogP contribution in [0.15, 0.2) is 34.8 Å². The first-order valence-electron chi connectivity index (χ1n) is 5.30. The van der Waals surface area contributed by atoms with Crippen molar-refractivity contribution in [3.63, 3.8) is 0 Å². The van der Waals surface area contributed by atoms with E-state index in [0.717, 1.165) is 27.6 Å². The number of hydrogen-bond donors (Lipinski definition) is 1. The number of allylic oxidation sites excluding steroid dienone is 2. The van der Waals surface area contributed by atoms with Gasteiger partial charge in [0.05, 0.1) is 11.0 Å². The molecule has 0 unspecified atom stereocenters. The molecule has 1 N–H and O–H groups in total. The molecule has 1 heterocycles. The topological polar surface area (TPSA) is 20.7 Å². The highest BCUT2D eigenvalue weighted by atomic mass is 79.9. The van der Waals surface area contributed by atoms with Crippen LogP contribution in [0.1, 0.15) is 18.9 Å². The van der Waals surface area contributed by atoms with E-state index < -0.39 is 0 Å². The minimum Gasteiger partial charge on any atom is -0.331 e. The average molecular weight is 295 g/mol. The number of aromatic amines is 1. The van der Waals surface area contributed by atoms with E-state index in [1.807, 2.05) is 6.07 Å². The van der Waals surface area contributed by atoms with Gasteiger partial charge in [-0.2, -0.15) is 0 Å². The zero-order valence-corrected chi connectivity index (χ0v) is 11.0. The summed E-state index contributed by atoms with van der Waals surface area (Å²) >= 11 is 8.90. The summed E-state index contributed by atoms with van der Waals surface area (Å²) in [6.45, 7) is 0. The molecule has 0 fully saturated rings. The molecule has 1 aromatic heterocycles. The van der Waals surface area contributed by atoms with Gasteiger partial charge in [-0.25, -0.2) is 0 Å². The lowest BCUT2D eigenvalue weighted by Crippen LogP contribution is -2.04. The largest absolute Gasteiger partial charge is 0.331 e. The van der Waals surface area contributed by atoms with Gasteiger partial charge in [-0.05, 0) is 43.3 Å². The number of halogens is 1. The minimum absolute atomic E-state index is 0.482. The maximum absolute atomic E-state index is 5.40. The number of aromatic nitrogens is 2. The highest BCUT2D eigenvalue weighted by Crippen LogP contribution is 2.29. The lowest BCUT2D eigenvalue weighted by atomic mass is 10.2. The van der Waals surface area contributed by atoms with Gasteiger partial charge in [-0.15, -0.1) is 0 Å². The molecule has 0 saturated heterocycles. The molecule has 1 aromatic carbocycles. The Morgan fingerprint density at radius 1 is 1.31 bits per heavy atom. The Bertz CT molecular complexity index is 615. The van der Waals surface area contributed by atoms with Crippen molar-refractivity contribution in [1.29, 1.82) is 0 Å². The van der Waals surface area contributed by atoms with E-state index in [1.54, 1.807) is 0 Å². The lowest BCUT2D eigenvalue weighted by Gasteiger charge is -2.12. The predicted octanol–water partition coefficient (Wildman–Crippen LogP) is 4.35. The van der Waals surface area contributed by atoms with Crippen LogP contribution in [-0.2, 0) is 0 Å². The molecule has 2 aromatic rings. The summed E-state index contributed by atoms with van der Waals surface area (Å²) in [5, 5.41) is 0. The number of benzene rings is 1. The second kappa shape index (κ2) is 3.86. The normalized spacial score (nSPS) is 16.3. The van der Waals surface area contributed by atoms with Gasteiger partial charge in [0, 0.05) is 10.5 Å². The summed E-state index contributed by atoms with van der Waals surface area (Å²) in [6.07, 6.45) is 6.61. The van der Waals surface area contributed by atoms with Crippen molar-refractivity contribution in [3.8, 4) is 0 Å². The summed E-state index contributed by atoms with van der Waals surface area (Å²) < 4.78 is 4.14. The van der Waals surface area contributed by atoms with Gasteiger partial charge in [0.15, 0.2) is 4.77 Å². The molecule has 0 radical (unpaired) electrons. The Kier molecular flexibility index (Phi) is 2.48. The molecule has 3 rings (SSSR count). The fraction of sp³-hybridized carbons (Fsp3) is 0.250. The monoisotopic (exact) mass is 294 g/mol. The summed E-state index contributed by atoms with van der Waals surface area (Å²) in [6, 6.07) is 6.70. The second-order valence-corrected chi connectivity index (χ2v) is 5.36. The quantitative estimate of drug-likeness (QED) is 0.612. The average Bonchev–Trinajstić information content (AvgIpc) is 2.83. The Hall–Kier alpha value is -0.870. The van der Waals surface area contributed by atoms with Crippen LogP contribution in [0.2, 0.25) is 0 Å². The first-order chi connectivity index (χ1) is 7.75. The SMILES string of the molecule is S=c1[nH]c2ccc(Br)cc2n1C1CC=CC1.